The Morgan fingerprint density at radius 1 is 1.00 bits per heavy atom. The summed E-state index contributed by atoms with van der Waals surface area (Å²) in [5.74, 6) is 0.0241. The molecule has 24 heavy (non-hydrogen) atoms. The van der Waals surface area contributed by atoms with E-state index >= 15 is 0 Å². The number of aryl methyl sites for hydroxylation is 2. The number of anilines is 2. The summed E-state index contributed by atoms with van der Waals surface area (Å²) in [5, 5.41) is 5.65. The van der Waals surface area contributed by atoms with Crippen LogP contribution in [0.25, 0.3) is 0 Å². The van der Waals surface area contributed by atoms with Gasteiger partial charge in [-0.3, -0.25) is 9.59 Å². The van der Waals surface area contributed by atoms with Crippen molar-refractivity contribution in [3.63, 3.8) is 0 Å². The van der Waals surface area contributed by atoms with Gasteiger partial charge in [-0.25, -0.2) is 0 Å². The highest BCUT2D eigenvalue weighted by molar-refractivity contribution is 6.18. The molecule has 2 amide bonds. The summed E-state index contributed by atoms with van der Waals surface area (Å²) >= 11 is 5.60. The van der Waals surface area contributed by atoms with Crippen molar-refractivity contribution in [3.05, 3.63) is 59.2 Å². The van der Waals surface area contributed by atoms with Crippen molar-refractivity contribution in [3.8, 4) is 0 Å². The normalized spacial score (nSPS) is 10.3. The van der Waals surface area contributed by atoms with Crippen LogP contribution in [-0.4, -0.2) is 17.7 Å². The monoisotopic (exact) mass is 344 g/mol. The smallest absolute Gasteiger partial charge is 0.257 e. The molecule has 2 N–H and O–H groups in total. The maximum atomic E-state index is 12.5. The fourth-order valence-corrected chi connectivity index (χ4v) is 2.38. The second-order valence-electron chi connectivity index (χ2n) is 5.64. The number of para-hydroxylation sites is 1. The molecule has 0 bridgehead atoms. The maximum Gasteiger partial charge on any atom is 0.257 e. The van der Waals surface area contributed by atoms with Gasteiger partial charge in [0.2, 0.25) is 5.91 Å². The molecule has 2 aromatic carbocycles. The molecule has 0 aliphatic carbocycles. The van der Waals surface area contributed by atoms with Crippen molar-refractivity contribution < 1.29 is 9.59 Å². The van der Waals surface area contributed by atoms with Gasteiger partial charge < -0.3 is 10.6 Å². The average Bonchev–Trinajstić information content (AvgIpc) is 2.56. The van der Waals surface area contributed by atoms with Crippen LogP contribution in [0.3, 0.4) is 0 Å². The maximum absolute atomic E-state index is 12.5. The van der Waals surface area contributed by atoms with Gasteiger partial charge in [-0.1, -0.05) is 18.2 Å². The number of benzene rings is 2. The van der Waals surface area contributed by atoms with E-state index in [-0.39, 0.29) is 11.8 Å². The predicted molar refractivity (Wildman–Crippen MR) is 98.9 cm³/mol. The van der Waals surface area contributed by atoms with Crippen molar-refractivity contribution >= 4 is 34.8 Å². The van der Waals surface area contributed by atoms with Gasteiger partial charge in [0.15, 0.2) is 0 Å². The predicted octanol–water partition coefficient (Wildman–Crippen LogP) is 4.51. The van der Waals surface area contributed by atoms with E-state index in [1.807, 2.05) is 32.0 Å². The average molecular weight is 345 g/mol. The minimum absolute atomic E-state index is 0.151. The van der Waals surface area contributed by atoms with Crippen molar-refractivity contribution in [2.75, 3.05) is 16.5 Å². The Labute approximate surface area is 147 Å². The van der Waals surface area contributed by atoms with Gasteiger partial charge in [0.05, 0.1) is 11.3 Å². The Hall–Kier alpha value is -2.33. The molecule has 0 aliphatic heterocycles. The highest BCUT2D eigenvalue weighted by atomic mass is 35.5. The molecule has 0 unspecified atom stereocenters. The zero-order valence-corrected chi connectivity index (χ0v) is 14.6. The summed E-state index contributed by atoms with van der Waals surface area (Å²) in [6.07, 6.45) is 0.932. The quantitative estimate of drug-likeness (QED) is 0.757. The lowest BCUT2D eigenvalue weighted by atomic mass is 10.1. The van der Waals surface area contributed by atoms with E-state index < -0.39 is 0 Å². The Morgan fingerprint density at radius 2 is 1.75 bits per heavy atom. The molecule has 126 valence electrons. The van der Waals surface area contributed by atoms with Crippen LogP contribution < -0.4 is 10.6 Å². The van der Waals surface area contributed by atoms with E-state index in [0.717, 1.165) is 11.3 Å². The fraction of sp³-hybridized carbons (Fsp3) is 0.263. The van der Waals surface area contributed by atoms with Crippen molar-refractivity contribution in [1.29, 1.82) is 0 Å². The van der Waals surface area contributed by atoms with Gasteiger partial charge in [-0.05, 0) is 55.7 Å². The van der Waals surface area contributed by atoms with Gasteiger partial charge in [-0.2, -0.15) is 0 Å². The summed E-state index contributed by atoms with van der Waals surface area (Å²) in [5.41, 5.74) is 3.93. The molecule has 2 rings (SSSR count). The summed E-state index contributed by atoms with van der Waals surface area (Å²) in [6.45, 7) is 4.02. The van der Waals surface area contributed by atoms with E-state index in [1.54, 1.807) is 24.3 Å². The molecule has 0 atom stereocenters. The van der Waals surface area contributed by atoms with Gasteiger partial charge in [0, 0.05) is 18.0 Å². The Bertz CT molecular complexity index is 744. The standard InChI is InChI=1S/C19H21ClN2O2/c1-13-9-10-15(12-14(13)2)21-19(24)16-6-3-4-7-17(16)22-18(23)8-5-11-20/h3-4,6-7,9-10,12H,5,8,11H2,1-2H3,(H,21,24)(H,22,23). The van der Waals surface area contributed by atoms with E-state index in [0.29, 0.717) is 30.0 Å². The number of nitrogens with one attached hydrogen (secondary N) is 2. The summed E-state index contributed by atoms with van der Waals surface area (Å²) < 4.78 is 0. The summed E-state index contributed by atoms with van der Waals surface area (Å²) in [4.78, 5) is 24.4. The molecule has 2 aromatic rings. The molecular formula is C19H21ClN2O2. The molecule has 0 saturated heterocycles. The molecule has 0 fully saturated rings. The second kappa shape index (κ2) is 8.50. The van der Waals surface area contributed by atoms with Crippen LogP contribution >= 0.6 is 11.6 Å². The first-order valence-electron chi connectivity index (χ1n) is 7.84. The summed E-state index contributed by atoms with van der Waals surface area (Å²) in [7, 11) is 0. The van der Waals surface area contributed by atoms with Crippen LogP contribution in [0.4, 0.5) is 11.4 Å². The Morgan fingerprint density at radius 3 is 2.46 bits per heavy atom. The third-order valence-corrected chi connectivity index (χ3v) is 4.02. The first kappa shape index (κ1) is 18.0. The highest BCUT2D eigenvalue weighted by Gasteiger charge is 2.13. The molecule has 4 nitrogen and oxygen atoms in total. The molecule has 0 aliphatic rings. The van der Waals surface area contributed by atoms with Crippen LogP contribution in [0.15, 0.2) is 42.5 Å². The van der Waals surface area contributed by atoms with E-state index in [9.17, 15) is 9.59 Å². The minimum atomic E-state index is -0.258. The molecule has 0 spiro atoms. The van der Waals surface area contributed by atoms with Crippen molar-refractivity contribution in [1.82, 2.24) is 0 Å². The second-order valence-corrected chi connectivity index (χ2v) is 6.02. The number of carbonyl (C=O) groups excluding carboxylic acids is 2. The first-order chi connectivity index (χ1) is 11.5. The largest absolute Gasteiger partial charge is 0.325 e. The van der Waals surface area contributed by atoms with E-state index in [4.69, 9.17) is 11.6 Å². The molecule has 0 radical (unpaired) electrons. The number of rotatable bonds is 6. The van der Waals surface area contributed by atoms with Crippen LogP contribution in [0.1, 0.15) is 34.3 Å². The zero-order valence-electron chi connectivity index (χ0n) is 13.9. The van der Waals surface area contributed by atoms with Gasteiger partial charge in [0.1, 0.15) is 0 Å². The Balaban J connectivity index is 2.14. The number of halogens is 1. The number of alkyl halides is 1. The number of amides is 2. The Kier molecular flexibility index (Phi) is 6.38. The van der Waals surface area contributed by atoms with Crippen LogP contribution in [-0.2, 0) is 4.79 Å². The van der Waals surface area contributed by atoms with Gasteiger partial charge in [0.25, 0.3) is 5.91 Å². The minimum Gasteiger partial charge on any atom is -0.325 e. The van der Waals surface area contributed by atoms with E-state index in [1.165, 1.54) is 5.56 Å². The lowest BCUT2D eigenvalue weighted by Crippen LogP contribution is -2.18. The van der Waals surface area contributed by atoms with Crippen LogP contribution in [0, 0.1) is 13.8 Å². The number of hydrogen-bond donors (Lipinski definition) is 2. The van der Waals surface area contributed by atoms with E-state index in [2.05, 4.69) is 10.6 Å². The fourth-order valence-electron chi connectivity index (χ4n) is 2.25. The third-order valence-electron chi connectivity index (χ3n) is 3.75. The third kappa shape index (κ3) is 4.83. The molecule has 0 aromatic heterocycles. The molecule has 0 heterocycles. The first-order valence-corrected chi connectivity index (χ1v) is 8.38. The molecule has 0 saturated carbocycles. The number of hydrogen-bond acceptors (Lipinski definition) is 2. The number of carbonyl (C=O) groups is 2. The summed E-state index contributed by atoms with van der Waals surface area (Å²) in [6, 6.07) is 12.7. The lowest BCUT2D eigenvalue weighted by Gasteiger charge is -2.12. The SMILES string of the molecule is Cc1ccc(NC(=O)c2ccccc2NC(=O)CCCCl)cc1C. The van der Waals surface area contributed by atoms with Gasteiger partial charge in [-0.15, -0.1) is 11.6 Å². The lowest BCUT2D eigenvalue weighted by molar-refractivity contribution is -0.116. The molecule has 5 heteroatoms. The van der Waals surface area contributed by atoms with Crippen molar-refractivity contribution in [2.24, 2.45) is 0 Å². The zero-order chi connectivity index (χ0) is 17.5. The molecular weight excluding hydrogens is 324 g/mol. The topological polar surface area (TPSA) is 58.2 Å². The van der Waals surface area contributed by atoms with Crippen LogP contribution in [0.5, 0.6) is 0 Å². The highest BCUT2D eigenvalue weighted by Crippen LogP contribution is 2.19. The van der Waals surface area contributed by atoms with Crippen LogP contribution in [0.2, 0.25) is 0 Å². The van der Waals surface area contributed by atoms with Gasteiger partial charge >= 0.3 is 0 Å². The van der Waals surface area contributed by atoms with Crippen molar-refractivity contribution in [2.45, 2.75) is 26.7 Å².